The Hall–Kier alpha value is -2.08. The van der Waals surface area contributed by atoms with E-state index in [2.05, 4.69) is 52.6 Å². The molecule has 3 rings (SSSR count). The fourth-order valence-electron chi connectivity index (χ4n) is 4.09. The van der Waals surface area contributed by atoms with E-state index in [-0.39, 0.29) is 12.5 Å². The molecule has 0 spiro atoms. The number of carbonyl (C=O) groups is 1. The third-order valence-corrected chi connectivity index (χ3v) is 6.02. The van der Waals surface area contributed by atoms with E-state index in [4.69, 9.17) is 0 Å². The molecule has 1 saturated heterocycles. The minimum atomic E-state index is 0.0964. The highest BCUT2D eigenvalue weighted by Gasteiger charge is 2.20. The smallest absolute Gasteiger partial charge is 0.244 e. The molecule has 0 aromatic heterocycles. The lowest BCUT2D eigenvalue weighted by Crippen LogP contribution is -2.41. The van der Waals surface area contributed by atoms with Crippen LogP contribution in [0.25, 0.3) is 0 Å². The Bertz CT molecular complexity index is 682. The van der Waals surface area contributed by atoms with E-state index in [1.165, 1.54) is 37.1 Å². The second kappa shape index (κ2) is 11.2. The zero-order valence-electron chi connectivity index (χ0n) is 18.1. The van der Waals surface area contributed by atoms with Crippen molar-refractivity contribution in [2.24, 2.45) is 10.9 Å². The number of carbonyl (C=O) groups excluding carboxylic acids is 1. The van der Waals surface area contributed by atoms with Crippen molar-refractivity contribution in [3.63, 3.8) is 0 Å². The van der Waals surface area contributed by atoms with Gasteiger partial charge >= 0.3 is 0 Å². The van der Waals surface area contributed by atoms with Crippen molar-refractivity contribution in [3.05, 3.63) is 35.4 Å². The summed E-state index contributed by atoms with van der Waals surface area (Å²) in [7, 11) is 0. The van der Waals surface area contributed by atoms with Crippen molar-refractivity contribution >= 4 is 11.9 Å². The third kappa shape index (κ3) is 6.74. The number of guanidine groups is 1. The number of amides is 1. The molecular weight excluding hydrogens is 362 g/mol. The second-order valence-corrected chi connectivity index (χ2v) is 8.33. The standard InChI is InChI=1S/C23H37N5O/c1-3-24-23(25-12-6-13-27-14-9-19(2)10-15-27)26-17-22(29)28-16-11-20-7-4-5-8-21(20)18-28/h4-5,7-8,19H,3,6,9-18H2,1-2H3,(H2,24,25,26). The van der Waals surface area contributed by atoms with Gasteiger partial charge in [0.15, 0.2) is 5.96 Å². The molecule has 0 atom stereocenters. The van der Waals surface area contributed by atoms with Crippen LogP contribution in [0, 0.1) is 5.92 Å². The highest BCUT2D eigenvalue weighted by molar-refractivity contribution is 5.85. The number of likely N-dealkylation sites (tertiary alicyclic amines) is 1. The third-order valence-electron chi connectivity index (χ3n) is 6.02. The number of piperidine rings is 1. The van der Waals surface area contributed by atoms with E-state index < -0.39 is 0 Å². The number of nitrogens with zero attached hydrogens (tertiary/aromatic N) is 3. The minimum absolute atomic E-state index is 0.0964. The first-order valence-electron chi connectivity index (χ1n) is 11.2. The number of nitrogens with one attached hydrogen (secondary N) is 2. The monoisotopic (exact) mass is 399 g/mol. The van der Waals surface area contributed by atoms with Crippen molar-refractivity contribution < 1.29 is 4.79 Å². The van der Waals surface area contributed by atoms with Gasteiger partial charge in [-0.3, -0.25) is 4.79 Å². The number of rotatable bonds is 7. The van der Waals surface area contributed by atoms with Crippen LogP contribution in [0.15, 0.2) is 29.3 Å². The van der Waals surface area contributed by atoms with Crippen LogP contribution in [-0.4, -0.2) is 67.5 Å². The van der Waals surface area contributed by atoms with E-state index in [0.29, 0.717) is 6.54 Å². The molecule has 2 heterocycles. The van der Waals surface area contributed by atoms with Crippen LogP contribution in [0.3, 0.4) is 0 Å². The van der Waals surface area contributed by atoms with Crippen molar-refractivity contribution in [3.8, 4) is 0 Å². The van der Waals surface area contributed by atoms with Gasteiger partial charge < -0.3 is 20.4 Å². The summed E-state index contributed by atoms with van der Waals surface area (Å²) in [5, 5.41) is 6.64. The summed E-state index contributed by atoms with van der Waals surface area (Å²) < 4.78 is 0. The molecule has 1 amide bonds. The van der Waals surface area contributed by atoms with Crippen LogP contribution < -0.4 is 10.6 Å². The Kier molecular flexibility index (Phi) is 8.35. The Labute approximate surface area is 175 Å². The fourth-order valence-corrected chi connectivity index (χ4v) is 4.09. The molecule has 2 aliphatic rings. The van der Waals surface area contributed by atoms with Crippen LogP contribution >= 0.6 is 0 Å². The maximum Gasteiger partial charge on any atom is 0.244 e. The van der Waals surface area contributed by atoms with Crippen LogP contribution in [0.2, 0.25) is 0 Å². The van der Waals surface area contributed by atoms with Gasteiger partial charge in [-0.05, 0) is 69.3 Å². The molecule has 2 aliphatic heterocycles. The first-order valence-corrected chi connectivity index (χ1v) is 11.2. The van der Waals surface area contributed by atoms with Gasteiger partial charge in [0.1, 0.15) is 6.54 Å². The predicted molar refractivity (Wildman–Crippen MR) is 119 cm³/mol. The molecule has 0 radical (unpaired) electrons. The number of hydrogen-bond donors (Lipinski definition) is 2. The molecule has 6 heteroatoms. The van der Waals surface area contributed by atoms with Crippen LogP contribution in [0.1, 0.15) is 44.2 Å². The average molecular weight is 400 g/mol. The lowest BCUT2D eigenvalue weighted by molar-refractivity contribution is -0.130. The first-order chi connectivity index (χ1) is 14.2. The maximum atomic E-state index is 12.6. The quantitative estimate of drug-likeness (QED) is 0.419. The molecule has 1 fully saturated rings. The molecule has 29 heavy (non-hydrogen) atoms. The number of hydrogen-bond acceptors (Lipinski definition) is 3. The van der Waals surface area contributed by atoms with E-state index in [1.54, 1.807) is 0 Å². The van der Waals surface area contributed by atoms with Crippen LogP contribution in [0.4, 0.5) is 0 Å². The SMILES string of the molecule is CCNC(=NCC(=O)N1CCc2ccccc2C1)NCCCN1CCC(C)CC1. The Morgan fingerprint density at radius 3 is 2.66 bits per heavy atom. The van der Waals surface area contributed by atoms with E-state index in [9.17, 15) is 4.79 Å². The molecular formula is C23H37N5O. The van der Waals surface area contributed by atoms with Gasteiger partial charge in [0.2, 0.25) is 5.91 Å². The van der Waals surface area contributed by atoms with E-state index in [0.717, 1.165) is 50.9 Å². The normalized spacial score (nSPS) is 18.4. The summed E-state index contributed by atoms with van der Waals surface area (Å²) in [6, 6.07) is 8.39. The lowest BCUT2D eigenvalue weighted by Gasteiger charge is -2.30. The molecule has 0 aliphatic carbocycles. The zero-order valence-corrected chi connectivity index (χ0v) is 18.1. The molecule has 0 saturated carbocycles. The summed E-state index contributed by atoms with van der Waals surface area (Å²) in [6.45, 7) is 11.3. The summed E-state index contributed by atoms with van der Waals surface area (Å²) in [6.07, 6.45) is 4.66. The van der Waals surface area contributed by atoms with Crippen molar-refractivity contribution in [1.29, 1.82) is 0 Å². The molecule has 2 N–H and O–H groups in total. The van der Waals surface area contributed by atoms with Crippen molar-refractivity contribution in [2.45, 2.75) is 46.1 Å². The summed E-state index contributed by atoms with van der Waals surface area (Å²) in [5.41, 5.74) is 2.62. The zero-order chi connectivity index (χ0) is 20.5. The van der Waals surface area contributed by atoms with Gasteiger partial charge in [0.25, 0.3) is 0 Å². The molecule has 1 aromatic rings. The molecule has 160 valence electrons. The molecule has 0 bridgehead atoms. The summed E-state index contributed by atoms with van der Waals surface area (Å²) in [5.74, 6) is 1.72. The molecule has 0 unspecified atom stereocenters. The van der Waals surface area contributed by atoms with Crippen LogP contribution in [0.5, 0.6) is 0 Å². The van der Waals surface area contributed by atoms with Crippen molar-refractivity contribution in [2.75, 3.05) is 45.8 Å². The maximum absolute atomic E-state index is 12.6. The van der Waals surface area contributed by atoms with Gasteiger partial charge in [-0.1, -0.05) is 31.2 Å². The van der Waals surface area contributed by atoms with Gasteiger partial charge in [0.05, 0.1) is 0 Å². The highest BCUT2D eigenvalue weighted by Crippen LogP contribution is 2.18. The Balaban J connectivity index is 1.41. The molecule has 1 aromatic carbocycles. The minimum Gasteiger partial charge on any atom is -0.357 e. The van der Waals surface area contributed by atoms with E-state index >= 15 is 0 Å². The number of fused-ring (bicyclic) bond motifs is 1. The summed E-state index contributed by atoms with van der Waals surface area (Å²) in [4.78, 5) is 21.6. The van der Waals surface area contributed by atoms with Gasteiger partial charge in [0, 0.05) is 26.2 Å². The number of aliphatic imine (C=N–C) groups is 1. The lowest BCUT2D eigenvalue weighted by atomic mass is 9.99. The van der Waals surface area contributed by atoms with Crippen molar-refractivity contribution in [1.82, 2.24) is 20.4 Å². The number of benzene rings is 1. The highest BCUT2D eigenvalue weighted by atomic mass is 16.2. The predicted octanol–water partition coefficient (Wildman–Crippen LogP) is 2.25. The second-order valence-electron chi connectivity index (χ2n) is 8.33. The molecule has 6 nitrogen and oxygen atoms in total. The Morgan fingerprint density at radius 1 is 1.14 bits per heavy atom. The largest absolute Gasteiger partial charge is 0.357 e. The first kappa shape index (κ1) is 21.6. The average Bonchev–Trinajstić information content (AvgIpc) is 2.75. The Morgan fingerprint density at radius 2 is 1.90 bits per heavy atom. The van der Waals surface area contributed by atoms with Gasteiger partial charge in [-0.25, -0.2) is 4.99 Å². The van der Waals surface area contributed by atoms with Gasteiger partial charge in [-0.2, -0.15) is 0 Å². The summed E-state index contributed by atoms with van der Waals surface area (Å²) >= 11 is 0. The van der Waals surface area contributed by atoms with Gasteiger partial charge in [-0.15, -0.1) is 0 Å². The van der Waals surface area contributed by atoms with E-state index in [1.807, 2.05) is 11.0 Å². The van der Waals surface area contributed by atoms with Crippen LogP contribution in [-0.2, 0) is 17.8 Å². The fraction of sp³-hybridized carbons (Fsp3) is 0.652. The topological polar surface area (TPSA) is 60.0 Å².